The average Bonchev–Trinajstić information content (AvgIpc) is 3.40. The van der Waals surface area contributed by atoms with Crippen molar-refractivity contribution in [1.29, 1.82) is 0 Å². The molecule has 4 aromatic rings. The van der Waals surface area contributed by atoms with Crippen LogP contribution in [0.15, 0.2) is 97.2 Å². The van der Waals surface area contributed by atoms with E-state index in [1.165, 1.54) is 12.1 Å². The summed E-state index contributed by atoms with van der Waals surface area (Å²) < 4.78 is 20.7. The molecule has 41 heavy (non-hydrogen) atoms. The van der Waals surface area contributed by atoms with Gasteiger partial charge in [-0.05, 0) is 53.4 Å². The quantitative estimate of drug-likeness (QED) is 0.220. The molecule has 0 saturated carbocycles. The minimum Gasteiger partial charge on any atom is -0.497 e. The second-order valence-corrected chi connectivity index (χ2v) is 10.4. The summed E-state index contributed by atoms with van der Waals surface area (Å²) in [5.41, 5.74) is 3.49. The molecule has 0 spiro atoms. The van der Waals surface area contributed by atoms with E-state index in [9.17, 15) is 14.0 Å². The van der Waals surface area contributed by atoms with Crippen LogP contribution in [0.5, 0.6) is 5.75 Å². The molecule has 3 amide bonds. The third kappa shape index (κ3) is 8.70. The fourth-order valence-electron chi connectivity index (χ4n) is 4.59. The summed E-state index contributed by atoms with van der Waals surface area (Å²) >= 11 is 0. The minimum atomic E-state index is -0.348. The highest BCUT2D eigenvalue weighted by molar-refractivity contribution is 5.92. The van der Waals surface area contributed by atoms with Crippen LogP contribution in [0.2, 0.25) is 0 Å². The van der Waals surface area contributed by atoms with Gasteiger partial charge in [0.15, 0.2) is 0 Å². The number of aromatic nitrogens is 1. The van der Waals surface area contributed by atoms with Crippen molar-refractivity contribution in [2.24, 2.45) is 5.92 Å². The topological polar surface area (TPSA) is 66.8 Å². The van der Waals surface area contributed by atoms with Crippen molar-refractivity contribution in [1.82, 2.24) is 14.4 Å². The molecule has 3 aromatic carbocycles. The highest BCUT2D eigenvalue weighted by atomic mass is 19.1. The molecule has 4 rings (SSSR count). The van der Waals surface area contributed by atoms with Gasteiger partial charge in [-0.25, -0.2) is 9.18 Å². The van der Waals surface area contributed by atoms with Crippen LogP contribution in [0.1, 0.15) is 30.7 Å². The van der Waals surface area contributed by atoms with Gasteiger partial charge in [-0.3, -0.25) is 4.79 Å². The van der Waals surface area contributed by atoms with Crippen LogP contribution in [0.25, 0.3) is 0 Å². The first kappa shape index (κ1) is 29.4. The number of anilines is 1. The largest absolute Gasteiger partial charge is 0.497 e. The van der Waals surface area contributed by atoms with Crippen molar-refractivity contribution in [3.8, 4) is 5.75 Å². The number of ether oxygens (including phenoxy) is 1. The normalized spacial score (nSPS) is 10.9. The molecule has 0 radical (unpaired) electrons. The molecule has 7 nitrogen and oxygen atoms in total. The van der Waals surface area contributed by atoms with Gasteiger partial charge in [0.1, 0.15) is 18.1 Å². The van der Waals surface area contributed by atoms with Crippen LogP contribution in [0.3, 0.4) is 0 Å². The Balaban J connectivity index is 1.53. The molecule has 0 aliphatic rings. The second-order valence-electron chi connectivity index (χ2n) is 10.4. The number of rotatable bonds is 12. The summed E-state index contributed by atoms with van der Waals surface area (Å²) in [5.74, 6) is 0.355. The number of methoxy groups -OCH3 is 1. The summed E-state index contributed by atoms with van der Waals surface area (Å²) in [5, 5.41) is 2.91. The molecule has 0 aliphatic heterocycles. The van der Waals surface area contributed by atoms with Crippen LogP contribution in [-0.2, 0) is 24.4 Å². The molecule has 214 valence electrons. The van der Waals surface area contributed by atoms with Gasteiger partial charge < -0.3 is 24.4 Å². The van der Waals surface area contributed by atoms with E-state index in [-0.39, 0.29) is 30.2 Å². The predicted octanol–water partition coefficient (Wildman–Crippen LogP) is 6.40. The molecule has 0 bridgehead atoms. The third-order valence-electron chi connectivity index (χ3n) is 6.63. The number of hydrogen-bond acceptors (Lipinski definition) is 3. The molecule has 0 saturated heterocycles. The maximum absolute atomic E-state index is 13.9. The zero-order valence-corrected chi connectivity index (χ0v) is 23.8. The average molecular weight is 557 g/mol. The van der Waals surface area contributed by atoms with E-state index in [1.807, 2.05) is 62.5 Å². The van der Waals surface area contributed by atoms with Gasteiger partial charge >= 0.3 is 6.03 Å². The number of urea groups is 1. The number of halogens is 1. The van der Waals surface area contributed by atoms with Crippen LogP contribution in [-0.4, -0.2) is 46.5 Å². The van der Waals surface area contributed by atoms with Crippen molar-refractivity contribution in [2.75, 3.05) is 25.5 Å². The first-order valence-electron chi connectivity index (χ1n) is 13.7. The SMILES string of the molecule is COc1cccc(NC(=O)N(CC(=O)N(Cc2ccccc2)Cc2cccn2Cc2ccc(F)cc2)CC(C)C)c1. The molecule has 0 atom stereocenters. The van der Waals surface area contributed by atoms with Gasteiger partial charge in [0.25, 0.3) is 0 Å². The lowest BCUT2D eigenvalue weighted by Crippen LogP contribution is -2.45. The molecular formula is C33H37FN4O3. The standard InChI is InChI=1S/C33H37FN4O3/c1-25(2)20-38(33(40)35-29-11-7-13-31(19-29)41-3)24-32(39)37(22-26-9-5-4-6-10-26)23-30-12-8-18-36(30)21-27-14-16-28(34)17-15-27/h4-19,25H,20-24H2,1-3H3,(H,35,40). The van der Waals surface area contributed by atoms with Crippen molar-refractivity contribution in [3.05, 3.63) is 120 Å². The molecule has 8 heteroatoms. The Kier molecular flexibility index (Phi) is 10.2. The molecule has 0 aliphatic carbocycles. The number of nitrogens with zero attached hydrogens (tertiary/aromatic N) is 3. The Morgan fingerprint density at radius 1 is 0.878 bits per heavy atom. The third-order valence-corrected chi connectivity index (χ3v) is 6.63. The summed E-state index contributed by atoms with van der Waals surface area (Å²) in [6.07, 6.45) is 1.95. The first-order valence-corrected chi connectivity index (χ1v) is 13.7. The van der Waals surface area contributed by atoms with E-state index < -0.39 is 0 Å². The lowest BCUT2D eigenvalue weighted by Gasteiger charge is -2.29. The summed E-state index contributed by atoms with van der Waals surface area (Å²) in [7, 11) is 1.57. The number of benzene rings is 3. The monoisotopic (exact) mass is 556 g/mol. The molecule has 1 aromatic heterocycles. The maximum atomic E-state index is 13.9. The van der Waals surface area contributed by atoms with Crippen LogP contribution in [0.4, 0.5) is 14.9 Å². The Bertz CT molecular complexity index is 1420. The molecule has 1 heterocycles. The number of carbonyl (C=O) groups excluding carboxylic acids is 2. The van der Waals surface area contributed by atoms with Gasteiger partial charge in [-0.2, -0.15) is 0 Å². The lowest BCUT2D eigenvalue weighted by atomic mass is 10.2. The van der Waals surface area contributed by atoms with E-state index in [4.69, 9.17) is 4.74 Å². The molecule has 0 unspecified atom stereocenters. The minimum absolute atomic E-state index is 0.0700. The summed E-state index contributed by atoms with van der Waals surface area (Å²) in [4.78, 5) is 30.5. The van der Waals surface area contributed by atoms with Crippen molar-refractivity contribution in [3.63, 3.8) is 0 Å². The Morgan fingerprint density at radius 2 is 1.63 bits per heavy atom. The van der Waals surface area contributed by atoms with E-state index >= 15 is 0 Å². The highest BCUT2D eigenvalue weighted by Crippen LogP contribution is 2.18. The maximum Gasteiger partial charge on any atom is 0.322 e. The van der Waals surface area contributed by atoms with Crippen LogP contribution >= 0.6 is 0 Å². The van der Waals surface area contributed by atoms with Crippen LogP contribution < -0.4 is 10.1 Å². The van der Waals surface area contributed by atoms with Crippen molar-refractivity contribution < 1.29 is 18.7 Å². The second kappa shape index (κ2) is 14.2. The van der Waals surface area contributed by atoms with Gasteiger partial charge in [0, 0.05) is 43.3 Å². The molecule has 1 N–H and O–H groups in total. The van der Waals surface area contributed by atoms with E-state index in [0.717, 1.165) is 16.8 Å². The fourth-order valence-corrected chi connectivity index (χ4v) is 4.59. The summed E-state index contributed by atoms with van der Waals surface area (Å²) in [6.45, 7) is 5.68. The van der Waals surface area contributed by atoms with Gasteiger partial charge in [-0.1, -0.05) is 62.4 Å². The lowest BCUT2D eigenvalue weighted by molar-refractivity contribution is -0.133. The zero-order valence-electron chi connectivity index (χ0n) is 23.8. The Labute approximate surface area is 241 Å². The number of amides is 3. The van der Waals surface area contributed by atoms with E-state index in [2.05, 4.69) is 9.88 Å². The zero-order chi connectivity index (χ0) is 29.2. The highest BCUT2D eigenvalue weighted by Gasteiger charge is 2.23. The fraction of sp³-hybridized carbons (Fsp3) is 0.273. The van der Waals surface area contributed by atoms with Gasteiger partial charge in [-0.15, -0.1) is 0 Å². The Hall–Kier alpha value is -4.59. The first-order chi connectivity index (χ1) is 19.8. The number of carbonyl (C=O) groups is 2. The van der Waals surface area contributed by atoms with Crippen LogP contribution in [0, 0.1) is 11.7 Å². The summed E-state index contributed by atoms with van der Waals surface area (Å²) in [6, 6.07) is 26.9. The van der Waals surface area contributed by atoms with Gasteiger partial charge in [0.05, 0.1) is 13.7 Å². The van der Waals surface area contributed by atoms with Crippen molar-refractivity contribution >= 4 is 17.6 Å². The van der Waals surface area contributed by atoms with E-state index in [1.54, 1.807) is 53.3 Å². The Morgan fingerprint density at radius 3 is 2.34 bits per heavy atom. The number of hydrogen-bond donors (Lipinski definition) is 1. The molecular weight excluding hydrogens is 519 g/mol. The smallest absolute Gasteiger partial charge is 0.322 e. The van der Waals surface area contributed by atoms with E-state index in [0.29, 0.717) is 37.6 Å². The van der Waals surface area contributed by atoms with Gasteiger partial charge in [0.2, 0.25) is 5.91 Å². The predicted molar refractivity (Wildman–Crippen MR) is 159 cm³/mol. The van der Waals surface area contributed by atoms with Crippen molar-refractivity contribution in [2.45, 2.75) is 33.5 Å². The number of nitrogens with one attached hydrogen (secondary N) is 1. The molecule has 0 fully saturated rings.